The van der Waals surface area contributed by atoms with Crippen molar-refractivity contribution < 1.29 is 26.3 Å². The minimum absolute atomic E-state index is 0.0286. The standard InChI is InChI=1S/C23H19F3N2O3S/c1-14-18-11-6-15(19-4-2-3-5-22(19)32(27,29)30)12-20(18)28-21(14)13-31-17-9-7-16(8-10-17)23(24,25)26/h2-12,14H,13H2,1H3,(H2,27,29,30). The number of benzene rings is 3. The number of fused-ring (bicyclic) bond motifs is 1. The maximum atomic E-state index is 12.7. The van der Waals surface area contributed by atoms with Crippen LogP contribution in [-0.2, 0) is 16.2 Å². The third kappa shape index (κ3) is 4.39. The number of ether oxygens (including phenoxy) is 1. The predicted molar refractivity (Wildman–Crippen MR) is 116 cm³/mol. The number of halogens is 3. The van der Waals surface area contributed by atoms with Crippen LogP contribution < -0.4 is 9.88 Å². The van der Waals surface area contributed by atoms with Gasteiger partial charge in [0, 0.05) is 11.5 Å². The fourth-order valence-corrected chi connectivity index (χ4v) is 4.37. The molecule has 2 N–H and O–H groups in total. The van der Waals surface area contributed by atoms with Crippen molar-refractivity contribution in [1.82, 2.24) is 0 Å². The molecule has 0 bridgehead atoms. The summed E-state index contributed by atoms with van der Waals surface area (Å²) in [5.41, 5.74) is 2.76. The monoisotopic (exact) mass is 460 g/mol. The average molecular weight is 460 g/mol. The average Bonchev–Trinajstić information content (AvgIpc) is 3.06. The van der Waals surface area contributed by atoms with E-state index in [0.717, 1.165) is 23.4 Å². The van der Waals surface area contributed by atoms with Crippen LogP contribution in [-0.4, -0.2) is 20.7 Å². The highest BCUT2D eigenvalue weighted by Crippen LogP contribution is 2.39. The van der Waals surface area contributed by atoms with Gasteiger partial charge in [0.1, 0.15) is 12.4 Å². The van der Waals surface area contributed by atoms with E-state index >= 15 is 0 Å². The lowest BCUT2D eigenvalue weighted by Crippen LogP contribution is -2.15. The van der Waals surface area contributed by atoms with E-state index in [1.165, 1.54) is 18.2 Å². The van der Waals surface area contributed by atoms with E-state index < -0.39 is 21.8 Å². The third-order valence-electron chi connectivity index (χ3n) is 5.33. The Hall–Kier alpha value is -3.17. The van der Waals surface area contributed by atoms with E-state index in [-0.39, 0.29) is 17.4 Å². The van der Waals surface area contributed by atoms with Gasteiger partial charge in [0.15, 0.2) is 0 Å². The molecule has 166 valence electrons. The molecule has 0 spiro atoms. The third-order valence-corrected chi connectivity index (χ3v) is 6.30. The van der Waals surface area contributed by atoms with Crippen molar-refractivity contribution in [3.8, 4) is 16.9 Å². The molecule has 1 aliphatic rings. The summed E-state index contributed by atoms with van der Waals surface area (Å²) in [7, 11) is -3.90. The Morgan fingerprint density at radius 3 is 2.38 bits per heavy atom. The highest BCUT2D eigenvalue weighted by molar-refractivity contribution is 7.89. The Labute approximate surface area is 183 Å². The zero-order valence-corrected chi connectivity index (χ0v) is 17.7. The smallest absolute Gasteiger partial charge is 0.416 e. The van der Waals surface area contributed by atoms with E-state index in [0.29, 0.717) is 22.6 Å². The molecule has 4 rings (SSSR count). The van der Waals surface area contributed by atoms with Gasteiger partial charge in [0.05, 0.1) is 21.9 Å². The normalized spacial score (nSPS) is 15.9. The summed E-state index contributed by atoms with van der Waals surface area (Å²) in [5.74, 6) is 0.258. The highest BCUT2D eigenvalue weighted by Gasteiger charge is 2.30. The van der Waals surface area contributed by atoms with Gasteiger partial charge in [-0.3, -0.25) is 4.99 Å². The zero-order chi connectivity index (χ0) is 23.1. The first-order valence-corrected chi connectivity index (χ1v) is 11.2. The van der Waals surface area contributed by atoms with Gasteiger partial charge in [0.2, 0.25) is 10.0 Å². The number of hydrogen-bond acceptors (Lipinski definition) is 4. The summed E-state index contributed by atoms with van der Waals surface area (Å²) in [5, 5.41) is 5.35. The lowest BCUT2D eigenvalue weighted by atomic mass is 9.95. The molecular formula is C23H19F3N2O3S. The summed E-state index contributed by atoms with van der Waals surface area (Å²) in [6.45, 7) is 2.07. The molecule has 5 nitrogen and oxygen atoms in total. The second-order valence-corrected chi connectivity index (χ2v) is 8.98. The van der Waals surface area contributed by atoms with Crippen molar-refractivity contribution in [3.05, 3.63) is 77.9 Å². The summed E-state index contributed by atoms with van der Waals surface area (Å²) in [6.07, 6.45) is -4.40. The number of hydrogen-bond donors (Lipinski definition) is 1. The van der Waals surface area contributed by atoms with Crippen molar-refractivity contribution in [2.45, 2.75) is 23.9 Å². The lowest BCUT2D eigenvalue weighted by molar-refractivity contribution is -0.137. The van der Waals surface area contributed by atoms with Gasteiger partial charge < -0.3 is 4.74 Å². The molecule has 0 saturated heterocycles. The van der Waals surface area contributed by atoms with Crippen LogP contribution in [0.5, 0.6) is 5.75 Å². The van der Waals surface area contributed by atoms with Gasteiger partial charge in [0.25, 0.3) is 0 Å². The minimum Gasteiger partial charge on any atom is -0.488 e. The van der Waals surface area contributed by atoms with Crippen LogP contribution in [0.15, 0.2) is 76.6 Å². The Balaban J connectivity index is 1.56. The second kappa shape index (κ2) is 8.07. The summed E-state index contributed by atoms with van der Waals surface area (Å²) >= 11 is 0. The van der Waals surface area contributed by atoms with Gasteiger partial charge in [-0.2, -0.15) is 13.2 Å². The fraction of sp³-hybridized carbons (Fsp3) is 0.174. The van der Waals surface area contributed by atoms with Gasteiger partial charge in [-0.15, -0.1) is 0 Å². The molecule has 9 heteroatoms. The van der Waals surface area contributed by atoms with E-state index in [1.54, 1.807) is 24.3 Å². The van der Waals surface area contributed by atoms with Crippen molar-refractivity contribution >= 4 is 21.4 Å². The van der Waals surface area contributed by atoms with Gasteiger partial charge in [-0.1, -0.05) is 37.3 Å². The lowest BCUT2D eigenvalue weighted by Gasteiger charge is -2.12. The Morgan fingerprint density at radius 1 is 1.03 bits per heavy atom. The van der Waals surface area contributed by atoms with Crippen LogP contribution in [0.4, 0.5) is 18.9 Å². The zero-order valence-electron chi connectivity index (χ0n) is 16.9. The molecule has 1 aliphatic heterocycles. The fourth-order valence-electron chi connectivity index (χ4n) is 3.61. The molecule has 1 unspecified atom stereocenters. The largest absolute Gasteiger partial charge is 0.488 e. The highest BCUT2D eigenvalue weighted by atomic mass is 32.2. The summed E-state index contributed by atoms with van der Waals surface area (Å²) in [6, 6.07) is 16.4. The van der Waals surface area contributed by atoms with Crippen LogP contribution >= 0.6 is 0 Å². The number of rotatable bonds is 5. The van der Waals surface area contributed by atoms with E-state index in [4.69, 9.17) is 9.88 Å². The summed E-state index contributed by atoms with van der Waals surface area (Å²) in [4.78, 5) is 4.64. The van der Waals surface area contributed by atoms with Crippen LogP contribution in [0.1, 0.15) is 24.0 Å². The topological polar surface area (TPSA) is 81.8 Å². The number of alkyl halides is 3. The quantitative estimate of drug-likeness (QED) is 0.562. The molecule has 3 aromatic rings. The molecule has 0 saturated carbocycles. The number of aliphatic imine (C=N–C) groups is 1. The molecule has 3 aromatic carbocycles. The van der Waals surface area contributed by atoms with Crippen molar-refractivity contribution in [2.24, 2.45) is 10.1 Å². The molecule has 0 fully saturated rings. The Kier molecular flexibility index (Phi) is 5.56. The van der Waals surface area contributed by atoms with Gasteiger partial charge >= 0.3 is 6.18 Å². The molecule has 1 atom stereocenters. The van der Waals surface area contributed by atoms with Crippen molar-refractivity contribution in [2.75, 3.05) is 6.61 Å². The molecule has 32 heavy (non-hydrogen) atoms. The summed E-state index contributed by atoms with van der Waals surface area (Å²) < 4.78 is 67.6. The van der Waals surface area contributed by atoms with E-state index in [2.05, 4.69) is 4.99 Å². The SMILES string of the molecule is CC1C(COc2ccc(C(F)(F)F)cc2)=Nc2cc(-c3ccccc3S(N)(=O)=O)ccc21. The van der Waals surface area contributed by atoms with Crippen molar-refractivity contribution in [1.29, 1.82) is 0 Å². The Bertz CT molecular complexity index is 1300. The molecule has 1 heterocycles. The van der Waals surface area contributed by atoms with Crippen molar-refractivity contribution in [3.63, 3.8) is 0 Å². The van der Waals surface area contributed by atoms with Crippen LogP contribution in [0.3, 0.4) is 0 Å². The number of sulfonamides is 1. The maximum absolute atomic E-state index is 12.7. The maximum Gasteiger partial charge on any atom is 0.416 e. The number of nitrogens with two attached hydrogens (primary N) is 1. The molecule has 0 radical (unpaired) electrons. The number of nitrogens with zero attached hydrogens (tertiary/aromatic N) is 1. The second-order valence-electron chi connectivity index (χ2n) is 7.45. The van der Waals surface area contributed by atoms with Crippen LogP contribution in [0.2, 0.25) is 0 Å². The van der Waals surface area contributed by atoms with E-state index in [1.807, 2.05) is 19.1 Å². The molecule has 0 amide bonds. The molecular weight excluding hydrogens is 441 g/mol. The van der Waals surface area contributed by atoms with Crippen LogP contribution in [0, 0.1) is 0 Å². The number of primary sulfonamides is 1. The van der Waals surface area contributed by atoms with Gasteiger partial charge in [-0.25, -0.2) is 13.6 Å². The first kappa shape index (κ1) is 22.0. The van der Waals surface area contributed by atoms with Crippen LogP contribution in [0.25, 0.3) is 11.1 Å². The predicted octanol–water partition coefficient (Wildman–Crippen LogP) is 5.29. The first-order chi connectivity index (χ1) is 15.0. The molecule has 0 aromatic heterocycles. The Morgan fingerprint density at radius 2 is 1.72 bits per heavy atom. The van der Waals surface area contributed by atoms with Gasteiger partial charge in [-0.05, 0) is 47.5 Å². The first-order valence-electron chi connectivity index (χ1n) is 9.68. The molecule has 0 aliphatic carbocycles. The minimum atomic E-state index is -4.40. The van der Waals surface area contributed by atoms with E-state index in [9.17, 15) is 21.6 Å².